The van der Waals surface area contributed by atoms with Crippen LogP contribution in [0, 0.1) is 6.92 Å². The molecule has 0 unspecified atom stereocenters. The number of anilines is 1. The van der Waals surface area contributed by atoms with Crippen LogP contribution in [0.5, 0.6) is 0 Å². The summed E-state index contributed by atoms with van der Waals surface area (Å²) in [7, 11) is 0. The molecule has 6 nitrogen and oxygen atoms in total. The molecule has 3 rings (SSSR count). The number of aryl methyl sites for hydroxylation is 1. The normalized spacial score (nSPS) is 15.1. The highest BCUT2D eigenvalue weighted by Crippen LogP contribution is 2.31. The van der Waals surface area contributed by atoms with Gasteiger partial charge in [-0.25, -0.2) is 14.8 Å². The van der Waals surface area contributed by atoms with E-state index >= 15 is 0 Å². The number of piperazine rings is 1. The maximum absolute atomic E-state index is 12.9. The van der Waals surface area contributed by atoms with Crippen LogP contribution in [0.2, 0.25) is 0 Å². The van der Waals surface area contributed by atoms with Gasteiger partial charge < -0.3 is 15.1 Å². The van der Waals surface area contributed by atoms with Gasteiger partial charge in [-0.15, -0.1) is 0 Å². The maximum Gasteiger partial charge on any atom is 0.416 e. The Balaban J connectivity index is 1.83. The number of benzene rings is 1. The van der Waals surface area contributed by atoms with Crippen LogP contribution in [-0.4, -0.2) is 52.6 Å². The van der Waals surface area contributed by atoms with Crippen LogP contribution in [0.3, 0.4) is 0 Å². The van der Waals surface area contributed by atoms with Crippen molar-refractivity contribution in [2.75, 3.05) is 31.1 Å². The molecule has 0 saturated carbocycles. The number of alkyl halides is 3. The predicted molar refractivity (Wildman–Crippen MR) is 119 cm³/mol. The van der Waals surface area contributed by atoms with Gasteiger partial charge in [0.1, 0.15) is 5.82 Å². The van der Waals surface area contributed by atoms with E-state index in [0.29, 0.717) is 37.6 Å². The quantitative estimate of drug-likeness (QED) is 0.740. The molecule has 2 amide bonds. The first-order chi connectivity index (χ1) is 14.9. The van der Waals surface area contributed by atoms with Crippen LogP contribution in [0.1, 0.15) is 44.5 Å². The first-order valence-electron chi connectivity index (χ1n) is 10.8. The highest BCUT2D eigenvalue weighted by Gasteiger charge is 2.30. The zero-order valence-corrected chi connectivity index (χ0v) is 19.2. The van der Waals surface area contributed by atoms with Crippen molar-refractivity contribution in [3.63, 3.8) is 0 Å². The third-order valence-corrected chi connectivity index (χ3v) is 5.36. The van der Waals surface area contributed by atoms with Gasteiger partial charge in [0.05, 0.1) is 5.56 Å². The van der Waals surface area contributed by atoms with Crippen molar-refractivity contribution in [2.24, 2.45) is 0 Å². The summed E-state index contributed by atoms with van der Waals surface area (Å²) in [6.45, 7) is 12.1. The van der Waals surface area contributed by atoms with Gasteiger partial charge in [-0.3, -0.25) is 0 Å². The minimum atomic E-state index is -4.38. The van der Waals surface area contributed by atoms with E-state index < -0.39 is 11.7 Å². The largest absolute Gasteiger partial charge is 0.416 e. The van der Waals surface area contributed by atoms with Crippen LogP contribution >= 0.6 is 0 Å². The number of hydrogen-bond donors (Lipinski definition) is 1. The van der Waals surface area contributed by atoms with Gasteiger partial charge in [0.15, 0.2) is 5.82 Å². The summed E-state index contributed by atoms with van der Waals surface area (Å²) in [6, 6.07) is 4.82. The van der Waals surface area contributed by atoms with E-state index in [4.69, 9.17) is 4.98 Å². The van der Waals surface area contributed by atoms with Gasteiger partial charge in [-0.05, 0) is 46.2 Å². The van der Waals surface area contributed by atoms with Crippen molar-refractivity contribution in [1.29, 1.82) is 0 Å². The van der Waals surface area contributed by atoms with Gasteiger partial charge in [-0.1, -0.05) is 19.1 Å². The highest BCUT2D eigenvalue weighted by molar-refractivity contribution is 5.75. The molecule has 2 aromatic rings. The monoisotopic (exact) mass is 449 g/mol. The Morgan fingerprint density at radius 3 is 2.12 bits per heavy atom. The fourth-order valence-corrected chi connectivity index (χ4v) is 3.72. The van der Waals surface area contributed by atoms with Gasteiger partial charge in [-0.2, -0.15) is 13.2 Å². The van der Waals surface area contributed by atoms with Crippen LogP contribution in [0.4, 0.5) is 23.8 Å². The molecule has 1 aromatic carbocycles. The van der Waals surface area contributed by atoms with Crippen LogP contribution in [0.25, 0.3) is 11.4 Å². The highest BCUT2D eigenvalue weighted by atomic mass is 19.4. The van der Waals surface area contributed by atoms with E-state index in [2.05, 4.69) is 15.2 Å². The number of hydrogen-bond acceptors (Lipinski definition) is 4. The molecule has 0 atom stereocenters. The molecule has 0 spiro atoms. The molecular weight excluding hydrogens is 419 g/mol. The summed E-state index contributed by atoms with van der Waals surface area (Å²) in [5.74, 6) is 1.18. The first kappa shape index (κ1) is 23.8. The van der Waals surface area contributed by atoms with Crippen LogP contribution in [0.15, 0.2) is 24.3 Å². The van der Waals surface area contributed by atoms with Gasteiger partial charge in [0, 0.05) is 48.5 Å². The molecule has 0 aliphatic carbocycles. The molecule has 1 aliphatic heterocycles. The third kappa shape index (κ3) is 5.49. The van der Waals surface area contributed by atoms with Crippen LogP contribution < -0.4 is 10.2 Å². The van der Waals surface area contributed by atoms with Crippen molar-refractivity contribution >= 4 is 11.8 Å². The van der Waals surface area contributed by atoms with E-state index in [0.717, 1.165) is 35.6 Å². The topological polar surface area (TPSA) is 61.4 Å². The summed E-state index contributed by atoms with van der Waals surface area (Å²) in [5, 5.41) is 2.98. The second-order valence-corrected chi connectivity index (χ2v) is 9.02. The standard InChI is InChI=1S/C23H30F3N5O/c1-6-18-15(2)27-19(16-7-9-17(10-8-16)23(24,25)26)28-20(18)30-11-13-31(14-12-30)21(32)29-22(3,4)5/h7-10H,6,11-14H2,1-5H3,(H,29,32). The number of aromatic nitrogens is 2. The summed E-state index contributed by atoms with van der Waals surface area (Å²) < 4.78 is 38.7. The molecule has 32 heavy (non-hydrogen) atoms. The number of carbonyl (C=O) groups excluding carboxylic acids is 1. The molecular formula is C23H30F3N5O. The second-order valence-electron chi connectivity index (χ2n) is 9.02. The summed E-state index contributed by atoms with van der Waals surface area (Å²) in [6.07, 6.45) is -3.65. The lowest BCUT2D eigenvalue weighted by molar-refractivity contribution is -0.137. The van der Waals surface area contributed by atoms with Crippen molar-refractivity contribution in [2.45, 2.75) is 52.8 Å². The molecule has 1 saturated heterocycles. The number of carbonyl (C=O) groups is 1. The zero-order chi connectivity index (χ0) is 23.7. The fourth-order valence-electron chi connectivity index (χ4n) is 3.72. The van der Waals surface area contributed by atoms with Gasteiger partial charge in [0.2, 0.25) is 0 Å². The molecule has 1 fully saturated rings. The van der Waals surface area contributed by atoms with E-state index in [1.165, 1.54) is 12.1 Å². The average molecular weight is 450 g/mol. The average Bonchev–Trinajstić information content (AvgIpc) is 2.71. The number of urea groups is 1. The minimum Gasteiger partial charge on any atom is -0.353 e. The Labute approximate surface area is 186 Å². The molecule has 1 aromatic heterocycles. The van der Waals surface area contributed by atoms with Crippen molar-refractivity contribution < 1.29 is 18.0 Å². The Kier molecular flexibility index (Phi) is 6.67. The number of nitrogens with zero attached hydrogens (tertiary/aromatic N) is 4. The first-order valence-corrected chi connectivity index (χ1v) is 10.8. The lowest BCUT2D eigenvalue weighted by Crippen LogP contribution is -2.55. The second kappa shape index (κ2) is 8.96. The molecule has 9 heteroatoms. The molecule has 1 N–H and O–H groups in total. The molecule has 0 bridgehead atoms. The maximum atomic E-state index is 12.9. The Bertz CT molecular complexity index is 959. The zero-order valence-electron chi connectivity index (χ0n) is 19.2. The number of rotatable bonds is 3. The van der Waals surface area contributed by atoms with Crippen molar-refractivity contribution in [3.8, 4) is 11.4 Å². The summed E-state index contributed by atoms with van der Waals surface area (Å²) >= 11 is 0. The Hall–Kier alpha value is -2.84. The van der Waals surface area contributed by atoms with E-state index in [1.54, 1.807) is 4.90 Å². The minimum absolute atomic E-state index is 0.0859. The SMILES string of the molecule is CCc1c(C)nc(-c2ccc(C(F)(F)F)cc2)nc1N1CCN(C(=O)NC(C)(C)C)CC1. The Morgan fingerprint density at radius 2 is 1.62 bits per heavy atom. The predicted octanol–water partition coefficient (Wildman–Crippen LogP) is 4.66. The fraction of sp³-hybridized carbons (Fsp3) is 0.522. The van der Waals surface area contributed by atoms with Crippen molar-refractivity contribution in [1.82, 2.24) is 20.2 Å². The Morgan fingerprint density at radius 1 is 1.03 bits per heavy atom. The lowest BCUT2D eigenvalue weighted by atomic mass is 10.1. The van der Waals surface area contributed by atoms with E-state index in [1.807, 2.05) is 34.6 Å². The van der Waals surface area contributed by atoms with Crippen LogP contribution in [-0.2, 0) is 12.6 Å². The number of amides is 2. The van der Waals surface area contributed by atoms with Crippen molar-refractivity contribution in [3.05, 3.63) is 41.1 Å². The molecule has 0 radical (unpaired) electrons. The molecule has 2 heterocycles. The summed E-state index contributed by atoms with van der Waals surface area (Å²) in [5.41, 5.74) is 1.35. The van der Waals surface area contributed by atoms with Gasteiger partial charge >= 0.3 is 12.2 Å². The van der Waals surface area contributed by atoms with E-state index in [9.17, 15) is 18.0 Å². The third-order valence-electron chi connectivity index (χ3n) is 5.36. The smallest absolute Gasteiger partial charge is 0.353 e. The number of halogens is 3. The number of nitrogens with one attached hydrogen (secondary N) is 1. The lowest BCUT2D eigenvalue weighted by Gasteiger charge is -2.37. The molecule has 1 aliphatic rings. The summed E-state index contributed by atoms with van der Waals surface area (Å²) in [4.78, 5) is 25.7. The van der Waals surface area contributed by atoms with E-state index in [-0.39, 0.29) is 11.6 Å². The van der Waals surface area contributed by atoms with Gasteiger partial charge in [0.25, 0.3) is 0 Å². The molecule has 174 valence electrons.